The van der Waals surface area contributed by atoms with E-state index in [2.05, 4.69) is 15.5 Å². The number of rotatable bonds is 9. The molecule has 2 aromatic carbocycles. The van der Waals surface area contributed by atoms with Gasteiger partial charge in [0.05, 0.1) is 54.0 Å². The van der Waals surface area contributed by atoms with E-state index in [4.69, 9.17) is 14.5 Å². The summed E-state index contributed by atoms with van der Waals surface area (Å²) in [6.07, 6.45) is 0.946. The number of benzene rings is 2. The number of hydrogen-bond acceptors (Lipinski definition) is 8. The molecule has 11 heteroatoms. The summed E-state index contributed by atoms with van der Waals surface area (Å²) in [5.74, 6) is 0.607. The third-order valence-electron chi connectivity index (χ3n) is 6.75. The second kappa shape index (κ2) is 11.9. The monoisotopic (exact) mass is 541 g/mol. The minimum Gasteiger partial charge on any atom is -0.379 e. The molecule has 3 heterocycles. The summed E-state index contributed by atoms with van der Waals surface area (Å²) in [5, 5.41) is 10.3. The zero-order chi connectivity index (χ0) is 25.7. The van der Waals surface area contributed by atoms with Crippen LogP contribution in [0.1, 0.15) is 17.5 Å². The van der Waals surface area contributed by atoms with Crippen molar-refractivity contribution < 1.29 is 17.9 Å². The number of sulfonamides is 1. The number of hydrogen-bond donors (Lipinski definition) is 0. The van der Waals surface area contributed by atoms with E-state index in [1.807, 2.05) is 30.3 Å². The largest absolute Gasteiger partial charge is 0.379 e. The van der Waals surface area contributed by atoms with Gasteiger partial charge in [-0.1, -0.05) is 30.0 Å². The molecule has 0 saturated carbocycles. The number of aryl methyl sites for hydroxylation is 1. The molecule has 196 valence electrons. The van der Waals surface area contributed by atoms with Crippen molar-refractivity contribution in [3.05, 3.63) is 53.6 Å². The summed E-state index contributed by atoms with van der Waals surface area (Å²) < 4.78 is 40.9. The first-order chi connectivity index (χ1) is 18.1. The molecular weight excluding hydrogens is 510 g/mol. The van der Waals surface area contributed by atoms with E-state index in [0.717, 1.165) is 62.1 Å². The smallest absolute Gasteiger partial charge is 0.243 e. The fourth-order valence-electron chi connectivity index (χ4n) is 4.68. The molecule has 0 spiro atoms. The molecular formula is C26H31N5O4S2. The molecule has 5 rings (SSSR count). The molecule has 0 radical (unpaired) electrons. The maximum absolute atomic E-state index is 13.2. The minimum atomic E-state index is -3.61. The molecule has 9 nitrogen and oxygen atoms in total. The Bertz CT molecular complexity index is 1370. The number of thioether (sulfide) groups is 1. The molecule has 2 aliphatic rings. The Kier molecular flexibility index (Phi) is 8.44. The molecule has 0 unspecified atom stereocenters. The molecule has 0 atom stereocenters. The molecule has 2 fully saturated rings. The minimum absolute atomic E-state index is 0.256. The zero-order valence-electron chi connectivity index (χ0n) is 20.7. The molecule has 0 amide bonds. The summed E-state index contributed by atoms with van der Waals surface area (Å²) in [5.41, 5.74) is 3.19. The van der Waals surface area contributed by atoms with Gasteiger partial charge in [0, 0.05) is 45.0 Å². The highest BCUT2D eigenvalue weighted by Crippen LogP contribution is 2.30. The van der Waals surface area contributed by atoms with Gasteiger partial charge in [0.2, 0.25) is 10.0 Å². The van der Waals surface area contributed by atoms with E-state index in [9.17, 15) is 13.7 Å². The second-order valence-corrected chi connectivity index (χ2v) is 12.0. The van der Waals surface area contributed by atoms with E-state index in [-0.39, 0.29) is 4.90 Å². The van der Waals surface area contributed by atoms with Crippen molar-refractivity contribution in [3.63, 3.8) is 0 Å². The normalized spacial score (nSPS) is 17.7. The van der Waals surface area contributed by atoms with Crippen LogP contribution in [0, 0.1) is 11.3 Å². The Balaban J connectivity index is 1.41. The first-order valence-electron chi connectivity index (χ1n) is 12.6. The molecule has 2 saturated heterocycles. The van der Waals surface area contributed by atoms with Crippen molar-refractivity contribution in [2.24, 2.45) is 0 Å². The fourth-order valence-corrected chi connectivity index (χ4v) is 7.16. The lowest BCUT2D eigenvalue weighted by Crippen LogP contribution is -2.40. The van der Waals surface area contributed by atoms with Crippen LogP contribution >= 0.6 is 11.8 Å². The van der Waals surface area contributed by atoms with E-state index in [1.54, 1.807) is 23.9 Å². The topological polar surface area (TPSA) is 101 Å². The average molecular weight is 542 g/mol. The molecule has 1 aromatic heterocycles. The van der Waals surface area contributed by atoms with Gasteiger partial charge in [0.15, 0.2) is 5.16 Å². The standard InChI is InChI=1S/C26H31N5O4S2/c27-19-21-4-1-2-5-22(21)20-36-26-28-24-18-23(37(32,33)30-12-16-35-17-13-30)6-7-25(24)31(26)9-3-8-29-10-14-34-15-11-29/h1-2,4-7,18H,3,8-17,20H2. The van der Waals surface area contributed by atoms with E-state index >= 15 is 0 Å². The van der Waals surface area contributed by atoms with Crippen molar-refractivity contribution in [1.29, 1.82) is 5.26 Å². The number of nitrogens with zero attached hydrogens (tertiary/aromatic N) is 5. The summed E-state index contributed by atoms with van der Waals surface area (Å²) in [6, 6.07) is 15.1. The number of imidazole rings is 1. The maximum atomic E-state index is 13.2. The van der Waals surface area contributed by atoms with Crippen LogP contribution in [0.5, 0.6) is 0 Å². The SMILES string of the molecule is N#Cc1ccccc1CSc1nc2cc(S(=O)(=O)N3CCOCC3)ccc2n1CCCN1CCOCC1. The number of aromatic nitrogens is 2. The summed E-state index contributed by atoms with van der Waals surface area (Å²) in [6.45, 7) is 6.70. The zero-order valence-corrected chi connectivity index (χ0v) is 22.3. The van der Waals surface area contributed by atoms with Crippen LogP contribution in [0.3, 0.4) is 0 Å². The van der Waals surface area contributed by atoms with Gasteiger partial charge in [0.25, 0.3) is 0 Å². The molecule has 0 bridgehead atoms. The quantitative estimate of drug-likeness (QED) is 0.381. The summed E-state index contributed by atoms with van der Waals surface area (Å²) in [4.78, 5) is 7.53. The van der Waals surface area contributed by atoms with Crippen molar-refractivity contribution in [2.45, 2.75) is 28.8 Å². The lowest BCUT2D eigenvalue weighted by molar-refractivity contribution is 0.0369. The van der Waals surface area contributed by atoms with Gasteiger partial charge >= 0.3 is 0 Å². The Morgan fingerprint density at radius 3 is 2.46 bits per heavy atom. The second-order valence-electron chi connectivity index (χ2n) is 9.08. The van der Waals surface area contributed by atoms with Crippen molar-refractivity contribution in [2.75, 3.05) is 59.2 Å². The first-order valence-corrected chi connectivity index (χ1v) is 15.0. The number of morpholine rings is 2. The van der Waals surface area contributed by atoms with E-state index < -0.39 is 10.0 Å². The molecule has 0 aliphatic carbocycles. The van der Waals surface area contributed by atoms with Crippen LogP contribution in [-0.4, -0.2) is 86.3 Å². The molecule has 0 N–H and O–H groups in total. The summed E-state index contributed by atoms with van der Waals surface area (Å²) >= 11 is 1.57. The van der Waals surface area contributed by atoms with Crippen molar-refractivity contribution in [1.82, 2.24) is 18.8 Å². The highest BCUT2D eigenvalue weighted by Gasteiger charge is 2.27. The molecule has 37 heavy (non-hydrogen) atoms. The van der Waals surface area contributed by atoms with Crippen LogP contribution in [-0.2, 0) is 31.8 Å². The van der Waals surface area contributed by atoms with E-state index in [1.165, 1.54) is 4.31 Å². The van der Waals surface area contributed by atoms with Gasteiger partial charge in [-0.05, 0) is 36.2 Å². The number of nitriles is 1. The first kappa shape index (κ1) is 26.2. The van der Waals surface area contributed by atoms with Gasteiger partial charge in [-0.15, -0.1) is 0 Å². The fraction of sp³-hybridized carbons (Fsp3) is 0.462. The van der Waals surface area contributed by atoms with Gasteiger partial charge in [-0.25, -0.2) is 13.4 Å². The third kappa shape index (κ3) is 6.00. The Hall–Kier alpha value is -2.46. The van der Waals surface area contributed by atoms with Crippen LogP contribution in [0.2, 0.25) is 0 Å². The van der Waals surface area contributed by atoms with Crippen molar-refractivity contribution in [3.8, 4) is 6.07 Å². The third-order valence-corrected chi connectivity index (χ3v) is 9.67. The van der Waals surface area contributed by atoms with Crippen LogP contribution in [0.15, 0.2) is 52.5 Å². The molecule has 3 aromatic rings. The molecule has 2 aliphatic heterocycles. The predicted octanol–water partition coefficient (Wildman–Crippen LogP) is 2.94. The van der Waals surface area contributed by atoms with Crippen molar-refractivity contribution >= 4 is 32.8 Å². The summed E-state index contributed by atoms with van der Waals surface area (Å²) in [7, 11) is -3.61. The Labute approximate surface area is 222 Å². The number of ether oxygens (including phenoxy) is 2. The lowest BCUT2D eigenvalue weighted by Gasteiger charge is -2.26. The van der Waals surface area contributed by atoms with Gasteiger partial charge in [-0.3, -0.25) is 4.90 Å². The number of fused-ring (bicyclic) bond motifs is 1. The highest BCUT2D eigenvalue weighted by atomic mass is 32.2. The van der Waals surface area contributed by atoms with Crippen LogP contribution in [0.4, 0.5) is 0 Å². The average Bonchev–Trinajstić information content (AvgIpc) is 3.29. The lowest BCUT2D eigenvalue weighted by atomic mass is 10.1. The maximum Gasteiger partial charge on any atom is 0.243 e. The van der Waals surface area contributed by atoms with E-state index in [0.29, 0.717) is 43.1 Å². The Morgan fingerprint density at radius 1 is 0.973 bits per heavy atom. The van der Waals surface area contributed by atoms with Gasteiger partial charge < -0.3 is 14.0 Å². The van der Waals surface area contributed by atoms with Crippen LogP contribution in [0.25, 0.3) is 11.0 Å². The predicted molar refractivity (Wildman–Crippen MR) is 142 cm³/mol. The van der Waals surface area contributed by atoms with Crippen LogP contribution < -0.4 is 0 Å². The van der Waals surface area contributed by atoms with Gasteiger partial charge in [-0.2, -0.15) is 9.57 Å². The Morgan fingerprint density at radius 2 is 1.70 bits per heavy atom. The van der Waals surface area contributed by atoms with Gasteiger partial charge in [0.1, 0.15) is 0 Å². The highest BCUT2D eigenvalue weighted by molar-refractivity contribution is 7.98.